The van der Waals surface area contributed by atoms with Gasteiger partial charge in [-0.25, -0.2) is 0 Å². The molecule has 0 N–H and O–H groups in total. The van der Waals surface area contributed by atoms with E-state index in [0.29, 0.717) is 19.3 Å². The number of rotatable bonds is 60. The summed E-state index contributed by atoms with van der Waals surface area (Å²) >= 11 is 0. The summed E-state index contributed by atoms with van der Waals surface area (Å²) in [5, 5.41) is 0. The van der Waals surface area contributed by atoms with Gasteiger partial charge in [0.25, 0.3) is 0 Å². The molecule has 0 spiro atoms. The summed E-state index contributed by atoms with van der Waals surface area (Å²) in [5.41, 5.74) is 0. The van der Waals surface area contributed by atoms with Crippen LogP contribution in [0.5, 0.6) is 0 Å². The lowest BCUT2D eigenvalue weighted by atomic mass is 10.0. The highest BCUT2D eigenvalue weighted by molar-refractivity contribution is 5.71. The van der Waals surface area contributed by atoms with E-state index >= 15 is 0 Å². The van der Waals surface area contributed by atoms with E-state index in [1.54, 1.807) is 0 Å². The Kier molecular flexibility index (Phi) is 60.7. The van der Waals surface area contributed by atoms with Crippen molar-refractivity contribution >= 4 is 17.9 Å². The number of unbranched alkanes of at least 4 members (excludes halogenated alkanes) is 41. The first-order valence-corrected chi connectivity index (χ1v) is 32.6. The fraction of sp³-hybridized carbons (Fsp3) is 0.838. The molecule has 0 bridgehead atoms. The number of esters is 3. The van der Waals surface area contributed by atoms with Gasteiger partial charge in [0.2, 0.25) is 0 Å². The van der Waals surface area contributed by atoms with E-state index in [-0.39, 0.29) is 31.1 Å². The maximum atomic E-state index is 12.9. The summed E-state index contributed by atoms with van der Waals surface area (Å²) in [6.07, 6.45) is 78.5. The molecule has 74 heavy (non-hydrogen) atoms. The number of carbonyl (C=O) groups is 3. The number of hydrogen-bond donors (Lipinski definition) is 0. The average molecular weight is 1040 g/mol. The van der Waals surface area contributed by atoms with E-state index in [2.05, 4.69) is 69.4 Å². The highest BCUT2D eigenvalue weighted by Gasteiger charge is 2.19. The second kappa shape index (κ2) is 62.9. The van der Waals surface area contributed by atoms with Gasteiger partial charge in [0, 0.05) is 19.3 Å². The summed E-state index contributed by atoms with van der Waals surface area (Å²) in [5.74, 6) is -0.880. The maximum Gasteiger partial charge on any atom is 0.306 e. The van der Waals surface area contributed by atoms with Crippen LogP contribution < -0.4 is 0 Å². The summed E-state index contributed by atoms with van der Waals surface area (Å²) < 4.78 is 16.9. The van der Waals surface area contributed by atoms with E-state index in [1.807, 2.05) is 0 Å². The topological polar surface area (TPSA) is 78.9 Å². The van der Waals surface area contributed by atoms with Crippen LogP contribution in [-0.2, 0) is 28.6 Å². The van der Waals surface area contributed by atoms with Crippen molar-refractivity contribution in [2.45, 2.75) is 354 Å². The lowest BCUT2D eigenvalue weighted by molar-refractivity contribution is -0.167. The molecule has 0 aromatic carbocycles. The van der Waals surface area contributed by atoms with Gasteiger partial charge in [-0.2, -0.15) is 0 Å². The Hall–Kier alpha value is -2.63. The number of hydrogen-bond acceptors (Lipinski definition) is 6. The van der Waals surface area contributed by atoms with Crippen LogP contribution in [0.25, 0.3) is 0 Å². The van der Waals surface area contributed by atoms with Gasteiger partial charge in [-0.3, -0.25) is 14.4 Å². The standard InChI is InChI=1S/C68H124O6/c1-4-7-10-13-16-19-22-25-27-29-30-31-32-33-34-35-36-37-39-40-43-46-49-52-55-58-61-67(70)73-64-65(63-72-66(69)60-57-54-51-48-45-42-24-21-18-15-12-9-6-3)74-68(71)62-59-56-53-50-47-44-41-38-28-26-23-20-17-14-11-8-5-2/h8,11,17,20,26,28,41,44,65H,4-7,9-10,12-16,18-19,21-25,27,29-40,42-43,45-64H2,1-3H3/b11-8-,20-17-,28-26-,44-41-. The Bertz CT molecular complexity index is 1280. The van der Waals surface area contributed by atoms with Crippen LogP contribution in [-0.4, -0.2) is 37.2 Å². The Morgan fingerprint density at radius 1 is 0.284 bits per heavy atom. The molecule has 0 heterocycles. The minimum atomic E-state index is -0.783. The smallest absolute Gasteiger partial charge is 0.306 e. The van der Waals surface area contributed by atoms with Crippen LogP contribution in [0.15, 0.2) is 48.6 Å². The van der Waals surface area contributed by atoms with Crippen LogP contribution in [0.2, 0.25) is 0 Å². The summed E-state index contributed by atoms with van der Waals surface area (Å²) in [6.45, 7) is 6.56. The summed E-state index contributed by atoms with van der Waals surface area (Å²) in [4.78, 5) is 38.3. The van der Waals surface area contributed by atoms with Crippen molar-refractivity contribution < 1.29 is 28.6 Å². The Morgan fingerprint density at radius 2 is 0.527 bits per heavy atom. The van der Waals surface area contributed by atoms with Crippen LogP contribution >= 0.6 is 0 Å². The SMILES string of the molecule is CC/C=C\C/C=C\C/C=C\C/C=C\CCCCCCC(=O)OC(COC(=O)CCCCCCCCCCCCCCC)COC(=O)CCCCCCCCCCCCCCCCCCCCCCCCCCCC. The fourth-order valence-corrected chi connectivity index (χ4v) is 9.73. The van der Waals surface area contributed by atoms with Crippen LogP contribution in [0.4, 0.5) is 0 Å². The van der Waals surface area contributed by atoms with E-state index < -0.39 is 6.10 Å². The van der Waals surface area contributed by atoms with Crippen molar-refractivity contribution in [1.82, 2.24) is 0 Å². The molecule has 1 unspecified atom stereocenters. The quantitative estimate of drug-likeness (QED) is 0.0261. The largest absolute Gasteiger partial charge is 0.462 e. The predicted octanol–water partition coefficient (Wildman–Crippen LogP) is 22.2. The normalized spacial score (nSPS) is 12.3. The molecule has 0 fully saturated rings. The monoisotopic (exact) mass is 1040 g/mol. The van der Waals surface area contributed by atoms with Gasteiger partial charge in [-0.15, -0.1) is 0 Å². The molecule has 1 atom stereocenters. The second-order valence-electron chi connectivity index (χ2n) is 22.0. The van der Waals surface area contributed by atoms with Gasteiger partial charge >= 0.3 is 17.9 Å². The molecule has 0 aromatic rings. The van der Waals surface area contributed by atoms with Crippen molar-refractivity contribution in [2.24, 2.45) is 0 Å². The molecule has 0 aliphatic carbocycles. The molecule has 0 saturated carbocycles. The molecule has 0 radical (unpaired) electrons. The molecule has 0 saturated heterocycles. The van der Waals surface area contributed by atoms with Gasteiger partial charge in [0.1, 0.15) is 13.2 Å². The first-order valence-electron chi connectivity index (χ1n) is 32.6. The molecule has 432 valence electrons. The predicted molar refractivity (Wildman–Crippen MR) is 321 cm³/mol. The Labute approximate surface area is 460 Å². The van der Waals surface area contributed by atoms with Gasteiger partial charge in [-0.1, -0.05) is 320 Å². The zero-order valence-electron chi connectivity index (χ0n) is 49.6. The number of ether oxygens (including phenoxy) is 3. The van der Waals surface area contributed by atoms with E-state index in [9.17, 15) is 14.4 Å². The van der Waals surface area contributed by atoms with Gasteiger partial charge < -0.3 is 14.2 Å². The fourth-order valence-electron chi connectivity index (χ4n) is 9.73. The molecule has 6 nitrogen and oxygen atoms in total. The molecule has 0 aliphatic rings. The van der Waals surface area contributed by atoms with Crippen molar-refractivity contribution in [2.75, 3.05) is 13.2 Å². The van der Waals surface area contributed by atoms with Crippen molar-refractivity contribution in [3.8, 4) is 0 Å². The first kappa shape index (κ1) is 71.4. The van der Waals surface area contributed by atoms with Crippen molar-refractivity contribution in [1.29, 1.82) is 0 Å². The van der Waals surface area contributed by atoms with E-state index in [1.165, 1.54) is 212 Å². The number of allylic oxidation sites excluding steroid dienone is 8. The van der Waals surface area contributed by atoms with Crippen molar-refractivity contribution in [3.05, 3.63) is 48.6 Å². The lowest BCUT2D eigenvalue weighted by Crippen LogP contribution is -2.30. The molecular weight excluding hydrogens is 913 g/mol. The van der Waals surface area contributed by atoms with Crippen LogP contribution in [0, 0.1) is 0 Å². The molecule has 0 amide bonds. The van der Waals surface area contributed by atoms with Crippen molar-refractivity contribution in [3.63, 3.8) is 0 Å². The zero-order chi connectivity index (χ0) is 53.6. The maximum absolute atomic E-state index is 12.9. The third-order valence-electron chi connectivity index (χ3n) is 14.6. The third-order valence-corrected chi connectivity index (χ3v) is 14.6. The average Bonchev–Trinajstić information content (AvgIpc) is 3.40. The molecule has 0 aromatic heterocycles. The van der Waals surface area contributed by atoms with Gasteiger partial charge in [0.15, 0.2) is 6.10 Å². The van der Waals surface area contributed by atoms with Gasteiger partial charge in [-0.05, 0) is 57.8 Å². The third kappa shape index (κ3) is 60.2. The van der Waals surface area contributed by atoms with Gasteiger partial charge in [0.05, 0.1) is 0 Å². The lowest BCUT2D eigenvalue weighted by Gasteiger charge is -2.18. The second-order valence-corrected chi connectivity index (χ2v) is 22.0. The minimum Gasteiger partial charge on any atom is -0.462 e. The zero-order valence-corrected chi connectivity index (χ0v) is 49.6. The highest BCUT2D eigenvalue weighted by Crippen LogP contribution is 2.18. The summed E-state index contributed by atoms with van der Waals surface area (Å²) in [6, 6.07) is 0. The molecule has 0 rings (SSSR count). The Morgan fingerprint density at radius 3 is 0.824 bits per heavy atom. The summed E-state index contributed by atoms with van der Waals surface area (Å²) in [7, 11) is 0. The Balaban J connectivity index is 4.24. The van der Waals surface area contributed by atoms with E-state index in [4.69, 9.17) is 14.2 Å². The first-order chi connectivity index (χ1) is 36.5. The van der Waals surface area contributed by atoms with E-state index in [0.717, 1.165) is 96.3 Å². The molecule has 6 heteroatoms. The highest BCUT2D eigenvalue weighted by atomic mass is 16.6. The molecule has 0 aliphatic heterocycles. The minimum absolute atomic E-state index is 0.0784. The molecular formula is C68H124O6. The van der Waals surface area contributed by atoms with Crippen LogP contribution in [0.1, 0.15) is 348 Å². The van der Waals surface area contributed by atoms with Crippen LogP contribution in [0.3, 0.4) is 0 Å². The number of carbonyl (C=O) groups excluding carboxylic acids is 3.